The second-order valence-electron chi connectivity index (χ2n) is 4.23. The number of nitrogen functional groups attached to an aromatic ring is 1. The molecule has 1 unspecified atom stereocenters. The van der Waals surface area contributed by atoms with Crippen LogP contribution in [0, 0.1) is 5.82 Å². The van der Waals surface area contributed by atoms with E-state index in [-0.39, 0.29) is 15.8 Å². The summed E-state index contributed by atoms with van der Waals surface area (Å²) in [5.74, 6) is 0.232. The Morgan fingerprint density at radius 1 is 1.50 bits per heavy atom. The molecule has 0 radical (unpaired) electrons. The van der Waals surface area contributed by atoms with Gasteiger partial charge in [-0.05, 0) is 18.2 Å². The first kappa shape index (κ1) is 13.6. The Hall–Kier alpha value is -0.790. The number of hydrogen-bond donors (Lipinski definition) is 1. The maximum absolute atomic E-state index is 12.9. The number of rotatable bonds is 2. The van der Waals surface area contributed by atoms with Gasteiger partial charge in [-0.2, -0.15) is 16.1 Å². The van der Waals surface area contributed by atoms with Crippen LogP contribution in [0.3, 0.4) is 0 Å². The average Bonchev–Trinajstić information content (AvgIpc) is 2.28. The van der Waals surface area contributed by atoms with Gasteiger partial charge >= 0.3 is 0 Å². The SMILES string of the molecule is CC1CN(S(=O)(=O)c2ccc(F)cc2N)CCS1. The van der Waals surface area contributed by atoms with Crippen molar-refractivity contribution in [3.63, 3.8) is 0 Å². The third-order valence-corrected chi connectivity index (χ3v) is 5.87. The predicted octanol–water partition coefficient (Wildman–Crippen LogP) is 1.53. The van der Waals surface area contributed by atoms with Crippen LogP contribution in [-0.2, 0) is 10.0 Å². The lowest BCUT2D eigenvalue weighted by Gasteiger charge is -2.30. The van der Waals surface area contributed by atoms with Crippen molar-refractivity contribution in [3.8, 4) is 0 Å². The van der Waals surface area contributed by atoms with Crippen LogP contribution in [0.15, 0.2) is 23.1 Å². The summed E-state index contributed by atoms with van der Waals surface area (Å²) in [6.45, 7) is 2.92. The van der Waals surface area contributed by atoms with Crippen molar-refractivity contribution < 1.29 is 12.8 Å². The Morgan fingerprint density at radius 3 is 2.83 bits per heavy atom. The van der Waals surface area contributed by atoms with E-state index in [1.165, 1.54) is 10.4 Å². The molecule has 1 atom stereocenters. The van der Waals surface area contributed by atoms with Crippen LogP contribution in [0.25, 0.3) is 0 Å². The fourth-order valence-electron chi connectivity index (χ4n) is 1.90. The zero-order chi connectivity index (χ0) is 13.3. The first-order valence-corrected chi connectivity index (χ1v) is 8.07. The Labute approximate surface area is 110 Å². The van der Waals surface area contributed by atoms with Gasteiger partial charge in [-0.15, -0.1) is 0 Å². The molecule has 0 amide bonds. The minimum absolute atomic E-state index is 0.0111. The van der Waals surface area contributed by atoms with Gasteiger partial charge in [0.25, 0.3) is 0 Å². The van der Waals surface area contributed by atoms with Gasteiger partial charge in [-0.3, -0.25) is 0 Å². The van der Waals surface area contributed by atoms with Gasteiger partial charge in [0.2, 0.25) is 10.0 Å². The van der Waals surface area contributed by atoms with Crippen LogP contribution < -0.4 is 5.73 Å². The summed E-state index contributed by atoms with van der Waals surface area (Å²) in [4.78, 5) is -0.0111. The van der Waals surface area contributed by atoms with Crippen LogP contribution in [0.5, 0.6) is 0 Å². The first-order chi connectivity index (χ1) is 8.41. The van der Waals surface area contributed by atoms with E-state index >= 15 is 0 Å². The summed E-state index contributed by atoms with van der Waals surface area (Å²) in [5.41, 5.74) is 5.56. The summed E-state index contributed by atoms with van der Waals surface area (Å²) in [6.07, 6.45) is 0. The van der Waals surface area contributed by atoms with Crippen LogP contribution in [-0.4, -0.2) is 36.8 Å². The van der Waals surface area contributed by atoms with Crippen LogP contribution in [0.4, 0.5) is 10.1 Å². The molecule has 1 aliphatic rings. The van der Waals surface area contributed by atoms with E-state index in [9.17, 15) is 12.8 Å². The molecule has 4 nitrogen and oxygen atoms in total. The largest absolute Gasteiger partial charge is 0.398 e. The van der Waals surface area contributed by atoms with E-state index in [4.69, 9.17) is 5.73 Å². The molecule has 1 heterocycles. The highest BCUT2D eigenvalue weighted by Gasteiger charge is 2.30. The maximum Gasteiger partial charge on any atom is 0.245 e. The van der Waals surface area contributed by atoms with Gasteiger partial charge in [-0.25, -0.2) is 12.8 Å². The van der Waals surface area contributed by atoms with Crippen LogP contribution >= 0.6 is 11.8 Å². The average molecular weight is 290 g/mol. The number of anilines is 1. The van der Waals surface area contributed by atoms with E-state index < -0.39 is 15.8 Å². The molecule has 2 rings (SSSR count). The molecule has 1 aromatic rings. The highest BCUT2D eigenvalue weighted by atomic mass is 32.2. The molecule has 0 spiro atoms. The minimum atomic E-state index is -3.61. The molecule has 1 saturated heterocycles. The molecular weight excluding hydrogens is 275 g/mol. The van der Waals surface area contributed by atoms with E-state index in [2.05, 4.69) is 0 Å². The number of nitrogens with two attached hydrogens (primary N) is 1. The predicted molar refractivity (Wildman–Crippen MR) is 71.5 cm³/mol. The molecule has 0 saturated carbocycles. The van der Waals surface area contributed by atoms with Crippen molar-refractivity contribution in [1.82, 2.24) is 4.31 Å². The summed E-state index contributed by atoms with van der Waals surface area (Å²) in [5, 5.41) is 0.259. The van der Waals surface area contributed by atoms with Gasteiger partial charge in [0.05, 0.1) is 5.69 Å². The molecule has 100 valence electrons. The van der Waals surface area contributed by atoms with E-state index in [0.29, 0.717) is 13.1 Å². The second-order valence-corrected chi connectivity index (χ2v) is 7.68. The number of thioether (sulfide) groups is 1. The molecule has 0 bridgehead atoms. The van der Waals surface area contributed by atoms with Gasteiger partial charge in [0.1, 0.15) is 10.7 Å². The molecule has 1 aromatic carbocycles. The van der Waals surface area contributed by atoms with Gasteiger partial charge < -0.3 is 5.73 Å². The van der Waals surface area contributed by atoms with Crippen molar-refractivity contribution in [2.45, 2.75) is 17.1 Å². The number of sulfonamides is 1. The molecule has 18 heavy (non-hydrogen) atoms. The van der Waals surface area contributed by atoms with E-state index in [1.807, 2.05) is 6.92 Å². The van der Waals surface area contributed by atoms with Gasteiger partial charge in [0.15, 0.2) is 0 Å². The maximum atomic E-state index is 12.9. The van der Waals surface area contributed by atoms with Crippen LogP contribution in [0.1, 0.15) is 6.92 Å². The summed E-state index contributed by atoms with van der Waals surface area (Å²) in [7, 11) is -3.61. The summed E-state index contributed by atoms with van der Waals surface area (Å²) < 4.78 is 39.1. The minimum Gasteiger partial charge on any atom is -0.398 e. The van der Waals surface area contributed by atoms with Crippen molar-refractivity contribution in [2.24, 2.45) is 0 Å². The molecule has 1 aliphatic heterocycles. The summed E-state index contributed by atoms with van der Waals surface area (Å²) in [6, 6.07) is 3.38. The zero-order valence-corrected chi connectivity index (χ0v) is 11.6. The number of benzene rings is 1. The van der Waals surface area contributed by atoms with Crippen LogP contribution in [0.2, 0.25) is 0 Å². The fraction of sp³-hybridized carbons (Fsp3) is 0.455. The standard InChI is InChI=1S/C11H15FN2O2S2/c1-8-7-14(4-5-17-8)18(15,16)11-3-2-9(12)6-10(11)13/h2-3,6,8H,4-5,7,13H2,1H3. The Balaban J connectivity index is 2.35. The third kappa shape index (κ3) is 2.62. The molecule has 7 heteroatoms. The Bertz CT molecular complexity index is 548. The lowest BCUT2D eigenvalue weighted by molar-refractivity contribution is 0.424. The second kappa shape index (κ2) is 5.07. The summed E-state index contributed by atoms with van der Waals surface area (Å²) >= 11 is 1.74. The monoisotopic (exact) mass is 290 g/mol. The van der Waals surface area contributed by atoms with Crippen molar-refractivity contribution in [1.29, 1.82) is 0 Å². The number of halogens is 1. The normalized spacial score (nSPS) is 22.0. The molecule has 2 N–H and O–H groups in total. The smallest absolute Gasteiger partial charge is 0.245 e. The topological polar surface area (TPSA) is 63.4 Å². The zero-order valence-electron chi connectivity index (χ0n) is 9.97. The van der Waals surface area contributed by atoms with Crippen molar-refractivity contribution in [2.75, 3.05) is 24.6 Å². The number of hydrogen-bond acceptors (Lipinski definition) is 4. The van der Waals surface area contributed by atoms with E-state index in [0.717, 1.165) is 17.9 Å². The quantitative estimate of drug-likeness (QED) is 0.839. The number of nitrogens with zero attached hydrogens (tertiary/aromatic N) is 1. The highest BCUT2D eigenvalue weighted by Crippen LogP contribution is 2.27. The third-order valence-electron chi connectivity index (χ3n) is 2.79. The van der Waals surface area contributed by atoms with E-state index in [1.54, 1.807) is 11.8 Å². The molecule has 0 aliphatic carbocycles. The Morgan fingerprint density at radius 2 is 2.22 bits per heavy atom. The highest BCUT2D eigenvalue weighted by molar-refractivity contribution is 8.00. The first-order valence-electron chi connectivity index (χ1n) is 5.58. The van der Waals surface area contributed by atoms with Gasteiger partial charge in [0, 0.05) is 24.1 Å². The van der Waals surface area contributed by atoms with Gasteiger partial charge in [-0.1, -0.05) is 6.92 Å². The van der Waals surface area contributed by atoms with Crippen molar-refractivity contribution in [3.05, 3.63) is 24.0 Å². The fourth-order valence-corrected chi connectivity index (χ4v) is 4.75. The lowest BCUT2D eigenvalue weighted by Crippen LogP contribution is -2.41. The molecule has 0 aromatic heterocycles. The van der Waals surface area contributed by atoms with Crippen molar-refractivity contribution >= 4 is 27.5 Å². The lowest BCUT2D eigenvalue weighted by atomic mass is 10.3. The Kier molecular flexibility index (Phi) is 3.84. The molecule has 1 fully saturated rings. The molecular formula is C11H15FN2O2S2.